The van der Waals surface area contributed by atoms with E-state index in [1.807, 2.05) is 24.3 Å². The van der Waals surface area contributed by atoms with Crippen molar-refractivity contribution in [3.8, 4) is 11.3 Å². The first-order chi connectivity index (χ1) is 15.5. The third kappa shape index (κ3) is 3.16. The zero-order chi connectivity index (χ0) is 22.2. The molecule has 3 amide bonds. The first-order valence-corrected chi connectivity index (χ1v) is 9.96. The average molecular weight is 426 g/mol. The minimum absolute atomic E-state index is 0.265. The number of hydrogen-bond donors (Lipinski definition) is 2. The number of carbonyl (C=O) groups excluding carboxylic acids is 3. The lowest BCUT2D eigenvalue weighted by Gasteiger charge is -2.15. The summed E-state index contributed by atoms with van der Waals surface area (Å²) in [6.45, 7) is 0.688. The summed E-state index contributed by atoms with van der Waals surface area (Å²) in [6, 6.07) is 17.8. The van der Waals surface area contributed by atoms with Gasteiger partial charge in [-0.25, -0.2) is 9.50 Å². The fourth-order valence-electron chi connectivity index (χ4n) is 3.83. The van der Waals surface area contributed by atoms with Crippen molar-refractivity contribution in [3.63, 3.8) is 0 Å². The number of carbonyl (C=O) groups is 3. The monoisotopic (exact) mass is 426 g/mol. The van der Waals surface area contributed by atoms with E-state index in [9.17, 15) is 14.4 Å². The summed E-state index contributed by atoms with van der Waals surface area (Å²) >= 11 is 0. The number of amides is 3. The highest BCUT2D eigenvalue weighted by Gasteiger charge is 2.34. The average Bonchev–Trinajstić information content (AvgIpc) is 3.39. The van der Waals surface area contributed by atoms with E-state index in [0.29, 0.717) is 28.9 Å². The Balaban J connectivity index is 1.28. The second kappa shape index (κ2) is 7.62. The quantitative estimate of drug-likeness (QED) is 0.456. The van der Waals surface area contributed by atoms with Crippen LogP contribution in [0.3, 0.4) is 0 Å². The molecule has 0 unspecified atom stereocenters. The first-order valence-electron chi connectivity index (χ1n) is 9.96. The molecule has 3 heterocycles. The van der Waals surface area contributed by atoms with Crippen molar-refractivity contribution in [2.75, 3.05) is 18.4 Å². The van der Waals surface area contributed by atoms with Crippen LogP contribution in [0.25, 0.3) is 16.9 Å². The lowest BCUT2D eigenvalue weighted by Crippen LogP contribution is -2.34. The molecule has 0 radical (unpaired) electrons. The summed E-state index contributed by atoms with van der Waals surface area (Å²) in [5, 5.41) is 7.43. The molecule has 2 aromatic carbocycles. The van der Waals surface area contributed by atoms with E-state index in [4.69, 9.17) is 5.73 Å². The van der Waals surface area contributed by atoms with Crippen LogP contribution >= 0.6 is 0 Å². The fraction of sp³-hybridized carbons (Fsp3) is 0.0870. The predicted molar refractivity (Wildman–Crippen MR) is 117 cm³/mol. The minimum atomic E-state index is -0.563. The molecule has 0 aliphatic carbocycles. The van der Waals surface area contributed by atoms with Gasteiger partial charge in [-0.1, -0.05) is 24.3 Å². The van der Waals surface area contributed by atoms with Crippen LogP contribution in [-0.2, 0) is 0 Å². The van der Waals surface area contributed by atoms with Gasteiger partial charge in [-0.2, -0.15) is 5.10 Å². The van der Waals surface area contributed by atoms with Gasteiger partial charge in [-0.05, 0) is 36.4 Å². The highest BCUT2D eigenvalue weighted by molar-refractivity contribution is 6.21. The molecule has 4 aromatic rings. The maximum atomic E-state index is 12.4. The molecule has 0 spiro atoms. The number of nitrogens with zero attached hydrogens (tertiary/aromatic N) is 4. The van der Waals surface area contributed by atoms with Crippen LogP contribution < -0.4 is 11.1 Å². The largest absolute Gasteiger partial charge is 0.383 e. The summed E-state index contributed by atoms with van der Waals surface area (Å²) in [7, 11) is 0. The number of benzene rings is 2. The number of hydrogen-bond acceptors (Lipinski definition) is 6. The highest BCUT2D eigenvalue weighted by atomic mass is 16.2. The third-order valence-corrected chi connectivity index (χ3v) is 5.41. The van der Waals surface area contributed by atoms with E-state index in [-0.39, 0.29) is 18.4 Å². The van der Waals surface area contributed by atoms with Gasteiger partial charge in [0.1, 0.15) is 6.33 Å². The number of primary amides is 1. The van der Waals surface area contributed by atoms with Crippen molar-refractivity contribution >= 4 is 29.1 Å². The highest BCUT2D eigenvalue weighted by Crippen LogP contribution is 2.24. The maximum absolute atomic E-state index is 12.4. The molecule has 1 aliphatic heterocycles. The predicted octanol–water partition coefficient (Wildman–Crippen LogP) is 2.20. The Bertz CT molecular complexity index is 1340. The second-order valence-corrected chi connectivity index (χ2v) is 7.30. The van der Waals surface area contributed by atoms with Crippen LogP contribution in [0.15, 0.2) is 67.0 Å². The van der Waals surface area contributed by atoms with E-state index < -0.39 is 5.91 Å². The van der Waals surface area contributed by atoms with Crippen LogP contribution in [0.4, 0.5) is 5.69 Å². The molecule has 3 N–H and O–H groups in total. The van der Waals surface area contributed by atoms with Crippen LogP contribution in [0.1, 0.15) is 31.1 Å². The third-order valence-electron chi connectivity index (χ3n) is 5.41. The van der Waals surface area contributed by atoms with Crippen LogP contribution in [0.2, 0.25) is 0 Å². The van der Waals surface area contributed by atoms with Crippen molar-refractivity contribution in [2.24, 2.45) is 5.73 Å². The van der Waals surface area contributed by atoms with Crippen LogP contribution in [0.5, 0.6) is 0 Å². The van der Waals surface area contributed by atoms with Gasteiger partial charge < -0.3 is 11.1 Å². The van der Waals surface area contributed by atoms with Crippen molar-refractivity contribution in [2.45, 2.75) is 0 Å². The van der Waals surface area contributed by atoms with Gasteiger partial charge in [-0.15, -0.1) is 0 Å². The SMILES string of the molecule is NC(=O)c1ccc(-c2ccc(NCCN3C(=O)c4ccccc4C3=O)cc2)n2ncnc12. The number of nitrogens with one attached hydrogen (secondary N) is 1. The van der Waals surface area contributed by atoms with Crippen molar-refractivity contribution in [1.29, 1.82) is 0 Å². The van der Waals surface area contributed by atoms with Gasteiger partial charge in [-0.3, -0.25) is 19.3 Å². The molecule has 1 aliphatic rings. The number of aromatic nitrogens is 3. The van der Waals surface area contributed by atoms with Crippen molar-refractivity contribution in [3.05, 3.63) is 83.7 Å². The Morgan fingerprint density at radius 3 is 2.28 bits per heavy atom. The van der Waals surface area contributed by atoms with E-state index >= 15 is 0 Å². The van der Waals surface area contributed by atoms with Gasteiger partial charge in [0.25, 0.3) is 17.7 Å². The number of anilines is 1. The summed E-state index contributed by atoms with van der Waals surface area (Å²) in [6.07, 6.45) is 1.38. The number of rotatable bonds is 6. The summed E-state index contributed by atoms with van der Waals surface area (Å²) in [4.78, 5) is 41.9. The Kier molecular flexibility index (Phi) is 4.63. The number of fused-ring (bicyclic) bond motifs is 2. The van der Waals surface area contributed by atoms with Gasteiger partial charge in [0.2, 0.25) is 0 Å². The molecule has 32 heavy (non-hydrogen) atoms. The number of nitrogens with two attached hydrogens (primary N) is 1. The molecule has 9 nitrogen and oxygen atoms in total. The smallest absolute Gasteiger partial charge is 0.261 e. The maximum Gasteiger partial charge on any atom is 0.261 e. The molecule has 0 fully saturated rings. The number of imide groups is 1. The molecular weight excluding hydrogens is 408 g/mol. The standard InChI is InChI=1S/C23H18N6O3/c24-20(30)18-9-10-19(29-21(18)26-13-27-29)14-5-7-15(8-6-14)25-11-12-28-22(31)16-3-1-2-4-17(16)23(28)32/h1-10,13,25H,11-12H2,(H2,24,30). The van der Waals surface area contributed by atoms with Crippen LogP contribution in [-0.4, -0.2) is 50.3 Å². The zero-order valence-electron chi connectivity index (χ0n) is 16.9. The van der Waals surface area contributed by atoms with Gasteiger partial charge in [0, 0.05) is 24.3 Å². The lowest BCUT2D eigenvalue weighted by molar-refractivity contribution is 0.0660. The van der Waals surface area contributed by atoms with Crippen molar-refractivity contribution in [1.82, 2.24) is 19.5 Å². The van der Waals surface area contributed by atoms with E-state index in [1.54, 1.807) is 40.9 Å². The van der Waals surface area contributed by atoms with E-state index in [1.165, 1.54) is 11.2 Å². The van der Waals surface area contributed by atoms with Gasteiger partial charge >= 0.3 is 0 Å². The van der Waals surface area contributed by atoms with Crippen LogP contribution in [0, 0.1) is 0 Å². The first kappa shape index (κ1) is 19.4. The number of pyridine rings is 1. The Labute approximate surface area is 182 Å². The van der Waals surface area contributed by atoms with E-state index in [0.717, 1.165) is 16.9 Å². The van der Waals surface area contributed by atoms with Crippen molar-refractivity contribution < 1.29 is 14.4 Å². The molecule has 0 bridgehead atoms. The Hall–Kier alpha value is -4.53. The molecule has 5 rings (SSSR count). The normalized spacial score (nSPS) is 12.9. The van der Waals surface area contributed by atoms with Gasteiger partial charge in [0.15, 0.2) is 5.65 Å². The molecule has 2 aromatic heterocycles. The summed E-state index contributed by atoms with van der Waals surface area (Å²) in [5.41, 5.74) is 9.49. The molecular formula is C23H18N6O3. The summed E-state index contributed by atoms with van der Waals surface area (Å²) in [5.74, 6) is -1.09. The molecule has 0 saturated carbocycles. The second-order valence-electron chi connectivity index (χ2n) is 7.30. The lowest BCUT2D eigenvalue weighted by atomic mass is 10.1. The Morgan fingerprint density at radius 2 is 1.62 bits per heavy atom. The molecule has 158 valence electrons. The topological polar surface area (TPSA) is 123 Å². The molecule has 9 heteroatoms. The summed E-state index contributed by atoms with van der Waals surface area (Å²) < 4.78 is 1.57. The molecule has 0 saturated heterocycles. The van der Waals surface area contributed by atoms with E-state index in [2.05, 4.69) is 15.4 Å². The fourth-order valence-corrected chi connectivity index (χ4v) is 3.83. The van der Waals surface area contributed by atoms with Gasteiger partial charge in [0.05, 0.1) is 22.4 Å². The molecule has 0 atom stereocenters. The Morgan fingerprint density at radius 1 is 0.938 bits per heavy atom. The zero-order valence-corrected chi connectivity index (χ0v) is 16.9. The minimum Gasteiger partial charge on any atom is -0.383 e.